The predicted molar refractivity (Wildman–Crippen MR) is 125 cm³/mol. The van der Waals surface area contributed by atoms with Crippen LogP contribution in [-0.2, 0) is 14.8 Å². The van der Waals surface area contributed by atoms with E-state index in [1.165, 1.54) is 12.1 Å². The van der Waals surface area contributed by atoms with Gasteiger partial charge in [0.05, 0.1) is 18.0 Å². The molecule has 0 unspecified atom stereocenters. The van der Waals surface area contributed by atoms with E-state index >= 15 is 0 Å². The van der Waals surface area contributed by atoms with Gasteiger partial charge in [-0.05, 0) is 50.1 Å². The molecule has 0 aliphatic carbocycles. The van der Waals surface area contributed by atoms with E-state index < -0.39 is 10.0 Å². The van der Waals surface area contributed by atoms with Gasteiger partial charge in [0.1, 0.15) is 0 Å². The van der Waals surface area contributed by atoms with Crippen molar-refractivity contribution >= 4 is 21.9 Å². The third-order valence-corrected chi connectivity index (χ3v) is 6.62. The Morgan fingerprint density at radius 1 is 1.06 bits per heavy atom. The number of amides is 1. The SMILES string of the molecule is Cc1cc(C(=O)CN2CCN(C(=O)OCC(C)C)CC2)c(C)n1-c1ccc(S(N)(=O)=O)cc1. The molecule has 1 aliphatic rings. The lowest BCUT2D eigenvalue weighted by molar-refractivity contribution is 0.0659. The van der Waals surface area contributed by atoms with Gasteiger partial charge in [-0.1, -0.05) is 13.8 Å². The maximum Gasteiger partial charge on any atom is 0.409 e. The van der Waals surface area contributed by atoms with Crippen molar-refractivity contribution in [1.29, 1.82) is 0 Å². The third kappa shape index (κ3) is 6.01. The number of ketones is 1. The van der Waals surface area contributed by atoms with Gasteiger partial charge in [-0.15, -0.1) is 0 Å². The number of primary sulfonamides is 1. The Morgan fingerprint density at radius 2 is 1.67 bits per heavy atom. The zero-order valence-corrected chi connectivity index (χ0v) is 20.4. The van der Waals surface area contributed by atoms with E-state index in [1.807, 2.05) is 43.2 Å². The summed E-state index contributed by atoms with van der Waals surface area (Å²) in [6, 6.07) is 8.11. The Hall–Kier alpha value is -2.69. The van der Waals surface area contributed by atoms with Crippen molar-refractivity contribution in [2.75, 3.05) is 39.3 Å². The van der Waals surface area contributed by atoms with Crippen LogP contribution in [0.4, 0.5) is 4.79 Å². The van der Waals surface area contributed by atoms with Crippen molar-refractivity contribution in [3.63, 3.8) is 0 Å². The molecule has 1 aliphatic heterocycles. The molecule has 0 spiro atoms. The van der Waals surface area contributed by atoms with Crippen LogP contribution in [0.5, 0.6) is 0 Å². The summed E-state index contributed by atoms with van der Waals surface area (Å²) in [5.41, 5.74) is 3.04. The van der Waals surface area contributed by atoms with E-state index in [4.69, 9.17) is 9.88 Å². The molecule has 33 heavy (non-hydrogen) atoms. The number of sulfonamides is 1. The minimum Gasteiger partial charge on any atom is -0.449 e. The highest BCUT2D eigenvalue weighted by molar-refractivity contribution is 7.89. The van der Waals surface area contributed by atoms with Crippen molar-refractivity contribution < 1.29 is 22.7 Å². The Bertz CT molecular complexity index is 1110. The van der Waals surface area contributed by atoms with E-state index in [9.17, 15) is 18.0 Å². The summed E-state index contributed by atoms with van der Waals surface area (Å²) >= 11 is 0. The first-order valence-electron chi connectivity index (χ1n) is 11.0. The van der Waals surface area contributed by atoms with Crippen molar-refractivity contribution in [3.05, 3.63) is 47.3 Å². The summed E-state index contributed by atoms with van der Waals surface area (Å²) in [5, 5.41) is 5.18. The summed E-state index contributed by atoms with van der Waals surface area (Å²) in [7, 11) is -3.76. The van der Waals surface area contributed by atoms with E-state index in [-0.39, 0.29) is 23.3 Å². The van der Waals surface area contributed by atoms with E-state index in [2.05, 4.69) is 0 Å². The standard InChI is InChI=1S/C23H32N4O5S/c1-16(2)15-32-23(29)26-11-9-25(10-12-26)14-22(28)21-13-17(3)27(18(21)4)19-5-7-20(8-6-19)33(24,30)31/h5-8,13,16H,9-12,14-15H2,1-4H3,(H2,24,30,31). The van der Waals surface area contributed by atoms with Gasteiger partial charge in [0.2, 0.25) is 10.0 Å². The van der Waals surface area contributed by atoms with Crippen LogP contribution in [-0.4, -0.2) is 74.0 Å². The number of aromatic nitrogens is 1. The van der Waals surface area contributed by atoms with Crippen LogP contribution in [0.15, 0.2) is 35.2 Å². The maximum absolute atomic E-state index is 13.1. The van der Waals surface area contributed by atoms with Gasteiger partial charge in [-0.2, -0.15) is 0 Å². The Balaban J connectivity index is 1.64. The summed E-state index contributed by atoms with van der Waals surface area (Å²) in [5.74, 6) is 0.296. The van der Waals surface area contributed by atoms with Crippen LogP contribution < -0.4 is 5.14 Å². The van der Waals surface area contributed by atoms with Crippen molar-refractivity contribution in [2.45, 2.75) is 32.6 Å². The number of nitrogens with zero attached hydrogens (tertiary/aromatic N) is 3. The topological polar surface area (TPSA) is 115 Å². The third-order valence-electron chi connectivity index (χ3n) is 5.69. The number of benzene rings is 1. The van der Waals surface area contributed by atoms with Crippen LogP contribution in [0.1, 0.15) is 35.6 Å². The number of hydrogen-bond acceptors (Lipinski definition) is 6. The van der Waals surface area contributed by atoms with Crippen molar-refractivity contribution in [3.8, 4) is 5.69 Å². The second kappa shape index (κ2) is 10.1. The second-order valence-electron chi connectivity index (χ2n) is 8.82. The molecule has 1 amide bonds. The number of piperazine rings is 1. The smallest absolute Gasteiger partial charge is 0.409 e. The lowest BCUT2D eigenvalue weighted by Gasteiger charge is -2.33. The lowest BCUT2D eigenvalue weighted by atomic mass is 10.1. The normalized spacial score (nSPS) is 15.2. The molecule has 180 valence electrons. The number of carbonyl (C=O) groups is 2. The highest BCUT2D eigenvalue weighted by Gasteiger charge is 2.25. The minimum atomic E-state index is -3.76. The molecule has 0 bridgehead atoms. The zero-order chi connectivity index (χ0) is 24.3. The van der Waals surface area contributed by atoms with E-state index in [0.717, 1.165) is 17.1 Å². The summed E-state index contributed by atoms with van der Waals surface area (Å²) in [6.07, 6.45) is -0.299. The van der Waals surface area contributed by atoms with E-state index in [1.54, 1.807) is 17.0 Å². The highest BCUT2D eigenvalue weighted by atomic mass is 32.2. The number of aryl methyl sites for hydroxylation is 1. The number of carbonyl (C=O) groups excluding carboxylic acids is 2. The Labute approximate surface area is 195 Å². The monoisotopic (exact) mass is 476 g/mol. The molecule has 2 aromatic rings. The molecule has 3 rings (SSSR count). The Kier molecular flexibility index (Phi) is 7.61. The van der Waals surface area contributed by atoms with Gasteiger partial charge in [0.15, 0.2) is 5.78 Å². The Morgan fingerprint density at radius 3 is 2.21 bits per heavy atom. The first-order valence-corrected chi connectivity index (χ1v) is 12.5. The van der Waals surface area contributed by atoms with Crippen molar-refractivity contribution in [2.24, 2.45) is 11.1 Å². The molecule has 2 heterocycles. The van der Waals surface area contributed by atoms with Crippen LogP contribution in [0.25, 0.3) is 5.69 Å². The fourth-order valence-corrected chi connectivity index (χ4v) is 4.45. The molecule has 10 heteroatoms. The summed E-state index contributed by atoms with van der Waals surface area (Å²) < 4.78 is 30.2. The number of ether oxygens (including phenoxy) is 1. The van der Waals surface area contributed by atoms with Crippen LogP contribution in [0.2, 0.25) is 0 Å². The van der Waals surface area contributed by atoms with Crippen LogP contribution >= 0.6 is 0 Å². The fraction of sp³-hybridized carbons (Fsp3) is 0.478. The average Bonchev–Trinajstić information content (AvgIpc) is 3.06. The number of Topliss-reactive ketones (excluding diaryl/α,β-unsaturated/α-hetero) is 1. The molecular weight excluding hydrogens is 444 g/mol. The van der Waals surface area contributed by atoms with Gasteiger partial charge >= 0.3 is 6.09 Å². The summed E-state index contributed by atoms with van der Waals surface area (Å²) in [4.78, 5) is 28.9. The van der Waals surface area contributed by atoms with Gasteiger partial charge in [0.25, 0.3) is 0 Å². The molecule has 1 fully saturated rings. The predicted octanol–water partition coefficient (Wildman–Crippen LogP) is 2.33. The molecule has 2 N–H and O–H groups in total. The zero-order valence-electron chi connectivity index (χ0n) is 19.6. The number of nitrogens with two attached hydrogens (primary N) is 1. The van der Waals surface area contributed by atoms with Gasteiger partial charge < -0.3 is 14.2 Å². The van der Waals surface area contributed by atoms with E-state index in [0.29, 0.717) is 44.3 Å². The molecular formula is C23H32N4O5S. The van der Waals surface area contributed by atoms with Gasteiger partial charge in [0, 0.05) is 48.8 Å². The van der Waals surface area contributed by atoms with Gasteiger partial charge in [-0.3, -0.25) is 9.69 Å². The molecule has 0 radical (unpaired) electrons. The van der Waals surface area contributed by atoms with Crippen LogP contribution in [0, 0.1) is 19.8 Å². The largest absolute Gasteiger partial charge is 0.449 e. The average molecular weight is 477 g/mol. The fourth-order valence-electron chi connectivity index (χ4n) is 3.93. The molecule has 0 atom stereocenters. The lowest BCUT2D eigenvalue weighted by Crippen LogP contribution is -2.50. The quantitative estimate of drug-likeness (QED) is 0.614. The van der Waals surface area contributed by atoms with Crippen LogP contribution in [0.3, 0.4) is 0 Å². The number of hydrogen-bond donors (Lipinski definition) is 1. The molecule has 1 aromatic carbocycles. The number of rotatable bonds is 7. The summed E-state index contributed by atoms with van der Waals surface area (Å²) in [6.45, 7) is 10.7. The van der Waals surface area contributed by atoms with Crippen molar-refractivity contribution in [1.82, 2.24) is 14.4 Å². The molecule has 0 saturated carbocycles. The minimum absolute atomic E-state index is 0.00587. The first kappa shape index (κ1) is 24.9. The maximum atomic E-state index is 13.1. The molecule has 1 aromatic heterocycles. The second-order valence-corrected chi connectivity index (χ2v) is 10.4. The molecule has 9 nitrogen and oxygen atoms in total. The van der Waals surface area contributed by atoms with Gasteiger partial charge in [-0.25, -0.2) is 18.4 Å². The highest BCUT2D eigenvalue weighted by Crippen LogP contribution is 2.23. The first-order chi connectivity index (χ1) is 15.5. The molecule has 1 saturated heterocycles.